The van der Waals surface area contributed by atoms with Crippen molar-refractivity contribution in [1.29, 1.82) is 0 Å². The lowest BCUT2D eigenvalue weighted by Gasteiger charge is -2.37. The Morgan fingerprint density at radius 3 is 2.10 bits per heavy atom. The minimum Gasteiger partial charge on any atom is -0.508 e. The summed E-state index contributed by atoms with van der Waals surface area (Å²) in [5.41, 5.74) is 2.55. The summed E-state index contributed by atoms with van der Waals surface area (Å²) in [6, 6.07) is 16.6. The van der Waals surface area contributed by atoms with Crippen LogP contribution in [0.5, 0.6) is 46.0 Å². The van der Waals surface area contributed by atoms with E-state index in [4.69, 9.17) is 9.47 Å². The minimum atomic E-state index is -1.09. The van der Waals surface area contributed by atoms with Gasteiger partial charge in [-0.05, 0) is 47.9 Å². The number of fused-ring (bicyclic) bond motifs is 2. The van der Waals surface area contributed by atoms with Crippen LogP contribution < -0.4 is 9.47 Å². The van der Waals surface area contributed by atoms with Gasteiger partial charge in [0.05, 0.1) is 6.10 Å². The Labute approximate surface area is 223 Å². The fourth-order valence-corrected chi connectivity index (χ4v) is 5.51. The maximum Gasteiger partial charge on any atom is 0.157 e. The summed E-state index contributed by atoms with van der Waals surface area (Å²) in [5, 5.41) is 72.5. The normalized spacial score (nSPS) is 21.8. The van der Waals surface area contributed by atoms with Crippen molar-refractivity contribution in [3.8, 4) is 46.0 Å². The maximum absolute atomic E-state index is 11.2. The number of phenolic OH excluding ortho intramolecular Hbond substituents is 6. The minimum absolute atomic E-state index is 0.00221. The Balaban J connectivity index is 1.49. The number of phenols is 6. The third kappa shape index (κ3) is 4.26. The molecule has 9 nitrogen and oxygen atoms in total. The van der Waals surface area contributed by atoms with Crippen molar-refractivity contribution in [2.75, 3.05) is 0 Å². The van der Waals surface area contributed by atoms with Crippen LogP contribution in [0.3, 0.4) is 0 Å². The van der Waals surface area contributed by atoms with Crippen LogP contribution in [0.1, 0.15) is 52.4 Å². The van der Waals surface area contributed by atoms with Gasteiger partial charge >= 0.3 is 0 Å². The zero-order chi connectivity index (χ0) is 27.4. The van der Waals surface area contributed by atoms with E-state index < -0.39 is 24.2 Å². The first kappa shape index (κ1) is 24.6. The van der Waals surface area contributed by atoms with E-state index in [0.29, 0.717) is 34.4 Å². The molecule has 4 aromatic rings. The molecule has 7 N–H and O–H groups in total. The fourth-order valence-electron chi connectivity index (χ4n) is 5.51. The van der Waals surface area contributed by atoms with E-state index in [1.807, 2.05) is 0 Å². The van der Waals surface area contributed by atoms with E-state index in [-0.39, 0.29) is 46.7 Å². The highest BCUT2D eigenvalue weighted by Crippen LogP contribution is 2.55. The molecule has 2 aliphatic rings. The Morgan fingerprint density at radius 1 is 0.641 bits per heavy atom. The smallest absolute Gasteiger partial charge is 0.157 e. The van der Waals surface area contributed by atoms with Gasteiger partial charge in [-0.15, -0.1) is 0 Å². The molecule has 0 aliphatic carbocycles. The average Bonchev–Trinajstić information content (AvgIpc) is 2.90. The van der Waals surface area contributed by atoms with Crippen LogP contribution in [0.2, 0.25) is 0 Å². The summed E-state index contributed by atoms with van der Waals surface area (Å²) >= 11 is 0. The average molecular weight is 531 g/mol. The molecule has 2 heterocycles. The molecule has 39 heavy (non-hydrogen) atoms. The lowest BCUT2D eigenvalue weighted by Crippen LogP contribution is -2.31. The van der Waals surface area contributed by atoms with Crippen LogP contribution in [-0.4, -0.2) is 41.8 Å². The predicted octanol–water partition coefficient (Wildman–Crippen LogP) is 4.61. The predicted molar refractivity (Wildman–Crippen MR) is 139 cm³/mol. The summed E-state index contributed by atoms with van der Waals surface area (Å²) in [6.07, 6.45) is -2.20. The second-order valence-corrected chi connectivity index (χ2v) is 9.90. The number of ether oxygens (including phenoxy) is 2. The summed E-state index contributed by atoms with van der Waals surface area (Å²) in [6.45, 7) is 0. The molecule has 9 heteroatoms. The van der Waals surface area contributed by atoms with Gasteiger partial charge in [0.25, 0.3) is 0 Å². The van der Waals surface area contributed by atoms with Gasteiger partial charge in [-0.25, -0.2) is 0 Å². The molecule has 200 valence electrons. The number of aliphatic hydroxyl groups is 1. The Morgan fingerprint density at radius 2 is 1.36 bits per heavy atom. The molecule has 4 aromatic carbocycles. The zero-order valence-electron chi connectivity index (χ0n) is 20.5. The third-order valence-electron chi connectivity index (χ3n) is 7.42. The number of hydrogen-bond acceptors (Lipinski definition) is 9. The highest BCUT2D eigenvalue weighted by Gasteiger charge is 2.40. The van der Waals surface area contributed by atoms with E-state index in [1.54, 1.807) is 30.3 Å². The number of rotatable bonds is 3. The van der Waals surface area contributed by atoms with Gasteiger partial charge in [0.2, 0.25) is 0 Å². The zero-order valence-corrected chi connectivity index (χ0v) is 20.5. The van der Waals surface area contributed by atoms with Gasteiger partial charge in [0, 0.05) is 41.2 Å². The summed E-state index contributed by atoms with van der Waals surface area (Å²) in [7, 11) is 0. The van der Waals surface area contributed by atoms with Crippen LogP contribution in [0.25, 0.3) is 0 Å². The molecular formula is C30H26O9. The van der Waals surface area contributed by atoms with Crippen molar-refractivity contribution in [3.63, 3.8) is 0 Å². The van der Waals surface area contributed by atoms with Crippen molar-refractivity contribution in [2.45, 2.75) is 37.1 Å². The first-order chi connectivity index (χ1) is 18.7. The van der Waals surface area contributed by atoms with E-state index in [0.717, 1.165) is 5.56 Å². The van der Waals surface area contributed by atoms with E-state index >= 15 is 0 Å². The fraction of sp³-hybridized carbons (Fsp3) is 0.200. The SMILES string of the molecule is Oc1ccc(C2C[C@@H](c3c(O)cc(O)c4c3OC(c3ccc(O)c(O)c3)[C@@H](O)C4)c3ccc(O)cc3O2)cc1. The molecule has 0 amide bonds. The first-order valence-electron chi connectivity index (χ1n) is 12.4. The molecule has 2 aliphatic heterocycles. The van der Waals surface area contributed by atoms with Crippen LogP contribution in [0, 0.1) is 0 Å². The summed E-state index contributed by atoms with van der Waals surface area (Å²) < 4.78 is 12.5. The summed E-state index contributed by atoms with van der Waals surface area (Å²) in [4.78, 5) is 0. The summed E-state index contributed by atoms with van der Waals surface area (Å²) in [5.74, 6) is -0.935. The molecule has 0 bridgehead atoms. The van der Waals surface area contributed by atoms with Crippen LogP contribution >= 0.6 is 0 Å². The molecule has 2 unspecified atom stereocenters. The highest BCUT2D eigenvalue weighted by atomic mass is 16.5. The standard InChI is InChI=1S/C30H26O9/c31-16-4-1-14(2-5-16)26-12-19(18-7-6-17(32)10-27(18)38-26)28-24(36)13-22(34)20-11-25(37)29(39-30(20)28)15-3-8-21(33)23(35)9-15/h1-10,13,19,25-26,29,31-37H,11-12H2/t19-,25+,26?,29?/m1/s1. The van der Waals surface area contributed by atoms with Gasteiger partial charge in [0.15, 0.2) is 11.5 Å². The van der Waals surface area contributed by atoms with Crippen molar-refractivity contribution in [2.24, 2.45) is 0 Å². The van der Waals surface area contributed by atoms with Crippen LogP contribution in [-0.2, 0) is 6.42 Å². The number of aliphatic hydroxyl groups excluding tert-OH is 1. The third-order valence-corrected chi connectivity index (χ3v) is 7.42. The second kappa shape index (κ2) is 9.21. The van der Waals surface area contributed by atoms with Gasteiger partial charge in [-0.3, -0.25) is 0 Å². The van der Waals surface area contributed by atoms with Gasteiger partial charge in [-0.1, -0.05) is 24.3 Å². The second-order valence-electron chi connectivity index (χ2n) is 9.90. The molecular weight excluding hydrogens is 504 g/mol. The lowest BCUT2D eigenvalue weighted by atomic mass is 9.79. The van der Waals surface area contributed by atoms with Gasteiger partial charge in [-0.2, -0.15) is 0 Å². The number of hydrogen-bond donors (Lipinski definition) is 7. The van der Waals surface area contributed by atoms with Crippen molar-refractivity contribution in [1.82, 2.24) is 0 Å². The van der Waals surface area contributed by atoms with Crippen LogP contribution in [0.15, 0.2) is 66.7 Å². The monoisotopic (exact) mass is 530 g/mol. The molecule has 4 atom stereocenters. The first-order valence-corrected chi connectivity index (χ1v) is 12.4. The molecule has 0 spiro atoms. The van der Waals surface area contributed by atoms with Gasteiger partial charge in [0.1, 0.15) is 46.7 Å². The van der Waals surface area contributed by atoms with E-state index in [2.05, 4.69) is 0 Å². The van der Waals surface area contributed by atoms with E-state index in [9.17, 15) is 35.7 Å². The molecule has 0 saturated heterocycles. The number of aromatic hydroxyl groups is 6. The van der Waals surface area contributed by atoms with Crippen LogP contribution in [0.4, 0.5) is 0 Å². The lowest BCUT2D eigenvalue weighted by molar-refractivity contribution is 0.0184. The molecule has 0 fully saturated rings. The topological polar surface area (TPSA) is 160 Å². The van der Waals surface area contributed by atoms with Gasteiger partial charge < -0.3 is 45.2 Å². The van der Waals surface area contributed by atoms with Crippen molar-refractivity contribution < 1.29 is 45.2 Å². The Kier molecular flexibility index (Phi) is 5.80. The maximum atomic E-state index is 11.2. The quantitative estimate of drug-likeness (QED) is 0.188. The van der Waals surface area contributed by atoms with Crippen molar-refractivity contribution >= 4 is 0 Å². The molecule has 0 radical (unpaired) electrons. The Hall–Kier alpha value is -4.76. The molecule has 0 aromatic heterocycles. The highest BCUT2D eigenvalue weighted by molar-refractivity contribution is 5.63. The molecule has 6 rings (SSSR count). The number of benzene rings is 4. The largest absolute Gasteiger partial charge is 0.508 e. The van der Waals surface area contributed by atoms with Crippen molar-refractivity contribution in [3.05, 3.63) is 94.5 Å². The van der Waals surface area contributed by atoms with E-state index in [1.165, 1.54) is 36.4 Å². The Bertz CT molecular complexity index is 1560. The molecule has 0 saturated carbocycles.